The summed E-state index contributed by atoms with van der Waals surface area (Å²) in [6, 6.07) is 0.809. The van der Waals surface area contributed by atoms with Crippen LogP contribution in [-0.4, -0.2) is 21.2 Å². The maximum absolute atomic E-state index is 10.5. The predicted molar refractivity (Wildman–Crippen MR) is 47.0 cm³/mol. The molecule has 5 nitrogen and oxygen atoms in total. The first kappa shape index (κ1) is 11.2. The monoisotopic (exact) mass is 185 g/mol. The van der Waals surface area contributed by atoms with Crippen molar-refractivity contribution < 1.29 is 15.0 Å². The normalized spacial score (nSPS) is 8.46. The number of hydrogen-bond acceptors (Lipinski definition) is 3. The summed E-state index contributed by atoms with van der Waals surface area (Å²) in [6.45, 7) is 4.00. The van der Waals surface area contributed by atoms with Crippen LogP contribution in [-0.2, 0) is 0 Å². The zero-order chi connectivity index (χ0) is 10.4. The molecule has 5 heteroatoms. The number of aromatic amines is 1. The number of carboxylic acids is 1. The Bertz CT molecular complexity index is 342. The molecule has 0 saturated carbocycles. The molecule has 0 unspecified atom stereocenters. The lowest BCUT2D eigenvalue weighted by Crippen LogP contribution is -2.06. The molecule has 72 valence electrons. The average Bonchev–Trinajstić information content (AvgIpc) is 2.07. The van der Waals surface area contributed by atoms with Crippen molar-refractivity contribution >= 4 is 5.97 Å². The Balaban J connectivity index is 0.000000671. The predicted octanol–water partition coefficient (Wildman–Crippen LogP) is 0.805. The Labute approximate surface area is 74.7 Å². The van der Waals surface area contributed by atoms with E-state index >= 15 is 0 Å². The molecule has 1 heterocycles. The molecular weight excluding hydrogens is 174 g/mol. The van der Waals surface area contributed by atoms with Crippen LogP contribution in [0.5, 0.6) is 5.75 Å². The van der Waals surface area contributed by atoms with Gasteiger partial charge in [0.05, 0.1) is 0 Å². The fraction of sp³-hybridized carbons (Fsp3) is 0.250. The van der Waals surface area contributed by atoms with Gasteiger partial charge in [-0.1, -0.05) is 13.8 Å². The van der Waals surface area contributed by atoms with Crippen molar-refractivity contribution in [2.75, 3.05) is 0 Å². The Hall–Kier alpha value is -1.78. The molecule has 0 aliphatic heterocycles. The van der Waals surface area contributed by atoms with Crippen molar-refractivity contribution in [3.63, 3.8) is 0 Å². The summed E-state index contributed by atoms with van der Waals surface area (Å²) >= 11 is 0. The first-order valence-corrected chi connectivity index (χ1v) is 3.76. The second kappa shape index (κ2) is 4.97. The van der Waals surface area contributed by atoms with E-state index in [9.17, 15) is 9.59 Å². The third-order valence-electron chi connectivity index (χ3n) is 1.13. The average molecular weight is 185 g/mol. The van der Waals surface area contributed by atoms with E-state index in [4.69, 9.17) is 10.2 Å². The standard InChI is InChI=1S/C6H5NO4.C2H6/c8-4-1-5(9)7-2-3(4)6(10)11;1-2/h1-2H,(H,10,11)(H2,7,8,9);1-2H3. The molecule has 1 rings (SSSR count). The number of nitrogens with one attached hydrogen (secondary N) is 1. The van der Waals surface area contributed by atoms with E-state index < -0.39 is 17.3 Å². The molecule has 0 spiro atoms. The molecule has 0 fully saturated rings. The van der Waals surface area contributed by atoms with Crippen LogP contribution in [0, 0.1) is 0 Å². The summed E-state index contributed by atoms with van der Waals surface area (Å²) in [6.07, 6.45) is 0.944. The quantitative estimate of drug-likeness (QED) is 0.603. The topological polar surface area (TPSA) is 90.4 Å². The minimum Gasteiger partial charge on any atom is -0.507 e. The van der Waals surface area contributed by atoms with Gasteiger partial charge in [-0.3, -0.25) is 4.79 Å². The molecule has 0 saturated heterocycles. The lowest BCUT2D eigenvalue weighted by Gasteiger charge is -1.94. The Morgan fingerprint density at radius 2 is 2.00 bits per heavy atom. The van der Waals surface area contributed by atoms with Gasteiger partial charge in [0.25, 0.3) is 5.56 Å². The van der Waals surface area contributed by atoms with Crippen molar-refractivity contribution in [2.24, 2.45) is 0 Å². The first-order chi connectivity index (χ1) is 6.11. The SMILES string of the molecule is CC.O=C(O)c1c[nH]c(=O)cc1O. The third kappa shape index (κ3) is 2.98. The highest BCUT2D eigenvalue weighted by Gasteiger charge is 2.08. The largest absolute Gasteiger partial charge is 0.507 e. The van der Waals surface area contributed by atoms with Crippen molar-refractivity contribution in [1.29, 1.82) is 0 Å². The summed E-state index contributed by atoms with van der Waals surface area (Å²) in [5.41, 5.74) is -0.850. The van der Waals surface area contributed by atoms with Crippen LogP contribution < -0.4 is 5.56 Å². The minimum atomic E-state index is -1.28. The van der Waals surface area contributed by atoms with Crippen LogP contribution in [0.25, 0.3) is 0 Å². The molecule has 13 heavy (non-hydrogen) atoms. The van der Waals surface area contributed by atoms with Gasteiger partial charge in [-0.25, -0.2) is 4.79 Å². The molecule has 0 bridgehead atoms. The van der Waals surface area contributed by atoms with Gasteiger partial charge in [-0.2, -0.15) is 0 Å². The molecule has 0 amide bonds. The zero-order valence-electron chi connectivity index (χ0n) is 7.37. The summed E-state index contributed by atoms with van der Waals surface area (Å²) in [5.74, 6) is -1.81. The van der Waals surface area contributed by atoms with E-state index in [1.54, 1.807) is 0 Å². The lowest BCUT2D eigenvalue weighted by molar-refractivity contribution is 0.0693. The molecule has 0 atom stereocenters. The van der Waals surface area contributed by atoms with E-state index in [1.165, 1.54) is 0 Å². The molecule has 0 aliphatic rings. The highest BCUT2D eigenvalue weighted by atomic mass is 16.4. The Morgan fingerprint density at radius 3 is 2.38 bits per heavy atom. The molecule has 0 radical (unpaired) electrons. The lowest BCUT2D eigenvalue weighted by atomic mass is 10.3. The summed E-state index contributed by atoms with van der Waals surface area (Å²) < 4.78 is 0. The van der Waals surface area contributed by atoms with Crippen LogP contribution >= 0.6 is 0 Å². The van der Waals surface area contributed by atoms with E-state index in [-0.39, 0.29) is 5.56 Å². The van der Waals surface area contributed by atoms with E-state index in [0.29, 0.717) is 0 Å². The minimum absolute atomic E-state index is 0.315. The van der Waals surface area contributed by atoms with E-state index in [0.717, 1.165) is 12.3 Å². The van der Waals surface area contributed by atoms with Gasteiger partial charge in [0, 0.05) is 12.3 Å². The van der Waals surface area contributed by atoms with Crippen LogP contribution in [0.2, 0.25) is 0 Å². The Morgan fingerprint density at radius 1 is 1.46 bits per heavy atom. The summed E-state index contributed by atoms with van der Waals surface area (Å²) in [4.78, 5) is 22.8. The maximum atomic E-state index is 10.5. The van der Waals surface area contributed by atoms with Gasteiger partial charge in [0.2, 0.25) is 0 Å². The number of rotatable bonds is 1. The van der Waals surface area contributed by atoms with Crippen LogP contribution in [0.1, 0.15) is 24.2 Å². The van der Waals surface area contributed by atoms with Gasteiger partial charge in [-0.05, 0) is 0 Å². The molecule has 3 N–H and O–H groups in total. The number of aromatic nitrogens is 1. The van der Waals surface area contributed by atoms with Gasteiger partial charge < -0.3 is 15.2 Å². The number of pyridine rings is 1. The third-order valence-corrected chi connectivity index (χ3v) is 1.13. The highest BCUT2D eigenvalue weighted by Crippen LogP contribution is 2.10. The number of aromatic carboxylic acids is 1. The Kier molecular flexibility index (Phi) is 4.29. The van der Waals surface area contributed by atoms with Gasteiger partial charge >= 0.3 is 5.97 Å². The van der Waals surface area contributed by atoms with Gasteiger partial charge in [-0.15, -0.1) is 0 Å². The number of aromatic hydroxyl groups is 1. The van der Waals surface area contributed by atoms with Gasteiger partial charge in [0.1, 0.15) is 11.3 Å². The number of H-pyrrole nitrogens is 1. The number of hydrogen-bond donors (Lipinski definition) is 3. The summed E-state index contributed by atoms with van der Waals surface area (Å²) in [7, 11) is 0. The van der Waals surface area contributed by atoms with E-state index in [2.05, 4.69) is 4.98 Å². The van der Waals surface area contributed by atoms with E-state index in [1.807, 2.05) is 13.8 Å². The molecular formula is C8H11NO4. The smallest absolute Gasteiger partial charge is 0.340 e. The van der Waals surface area contributed by atoms with Crippen LogP contribution in [0.15, 0.2) is 17.1 Å². The van der Waals surface area contributed by atoms with Crippen molar-refractivity contribution in [1.82, 2.24) is 4.98 Å². The number of carbonyl (C=O) groups is 1. The maximum Gasteiger partial charge on any atom is 0.340 e. The van der Waals surface area contributed by atoms with Crippen LogP contribution in [0.3, 0.4) is 0 Å². The zero-order valence-corrected chi connectivity index (χ0v) is 7.37. The second-order valence-electron chi connectivity index (χ2n) is 1.90. The second-order valence-corrected chi connectivity index (χ2v) is 1.90. The first-order valence-electron chi connectivity index (χ1n) is 3.76. The summed E-state index contributed by atoms with van der Waals surface area (Å²) in [5, 5.41) is 17.2. The van der Waals surface area contributed by atoms with Crippen molar-refractivity contribution in [3.8, 4) is 5.75 Å². The molecule has 1 aromatic heterocycles. The fourth-order valence-electron chi connectivity index (χ4n) is 0.632. The molecule has 1 aromatic rings. The van der Waals surface area contributed by atoms with Crippen molar-refractivity contribution in [3.05, 3.63) is 28.2 Å². The van der Waals surface area contributed by atoms with Gasteiger partial charge in [0.15, 0.2) is 0 Å². The number of carboxylic acid groups (broad SMARTS) is 1. The highest BCUT2D eigenvalue weighted by molar-refractivity contribution is 5.90. The molecule has 0 aromatic carbocycles. The van der Waals surface area contributed by atoms with Crippen LogP contribution in [0.4, 0.5) is 0 Å². The van der Waals surface area contributed by atoms with Crippen molar-refractivity contribution in [2.45, 2.75) is 13.8 Å². The molecule has 0 aliphatic carbocycles. The fourth-order valence-corrected chi connectivity index (χ4v) is 0.632.